The van der Waals surface area contributed by atoms with E-state index in [0.717, 1.165) is 21.3 Å². The highest BCUT2D eigenvalue weighted by Gasteiger charge is 2.11. The standard InChI is InChI=1S/C18H16N2O3S2/c1-24-13-5-2-11(3-6-13)12-4-7-14-15(8-12)25-17(20-14)9-16(21)19-10-18(22)23/h2-8H,9-10H2,1H3,(H,19,21)(H,22,23). The maximum atomic E-state index is 11.7. The van der Waals surface area contributed by atoms with Crippen LogP contribution in [-0.2, 0) is 16.0 Å². The van der Waals surface area contributed by atoms with Gasteiger partial charge >= 0.3 is 5.97 Å². The van der Waals surface area contributed by atoms with Crippen LogP contribution in [0.5, 0.6) is 0 Å². The molecule has 0 aliphatic carbocycles. The number of hydrogen-bond acceptors (Lipinski definition) is 5. The number of hydrogen-bond donors (Lipinski definition) is 2. The van der Waals surface area contributed by atoms with E-state index in [2.05, 4.69) is 40.6 Å². The Morgan fingerprint density at radius 1 is 1.16 bits per heavy atom. The van der Waals surface area contributed by atoms with Gasteiger partial charge in [-0.05, 0) is 41.6 Å². The number of thiazole rings is 1. The zero-order valence-electron chi connectivity index (χ0n) is 13.5. The highest BCUT2D eigenvalue weighted by Crippen LogP contribution is 2.29. The molecule has 0 atom stereocenters. The third-order valence-corrected chi connectivity index (χ3v) is 5.37. The number of carboxylic acid groups (broad SMARTS) is 1. The minimum atomic E-state index is -1.06. The number of aliphatic carboxylic acids is 1. The summed E-state index contributed by atoms with van der Waals surface area (Å²) in [5.41, 5.74) is 3.08. The lowest BCUT2D eigenvalue weighted by Crippen LogP contribution is -2.30. The van der Waals surface area contributed by atoms with Crippen molar-refractivity contribution in [3.05, 3.63) is 47.5 Å². The van der Waals surface area contributed by atoms with Gasteiger partial charge in [0.2, 0.25) is 5.91 Å². The first-order valence-electron chi connectivity index (χ1n) is 7.57. The molecule has 5 nitrogen and oxygen atoms in total. The smallest absolute Gasteiger partial charge is 0.322 e. The average Bonchev–Trinajstić information content (AvgIpc) is 3.01. The first kappa shape index (κ1) is 17.4. The number of amides is 1. The van der Waals surface area contributed by atoms with Crippen molar-refractivity contribution in [3.8, 4) is 11.1 Å². The second-order valence-corrected chi connectivity index (χ2v) is 7.36. The number of nitrogens with one attached hydrogen (secondary N) is 1. The number of carboxylic acids is 1. The lowest BCUT2D eigenvalue weighted by atomic mass is 10.1. The first-order chi connectivity index (χ1) is 12.0. The van der Waals surface area contributed by atoms with Gasteiger partial charge in [-0.3, -0.25) is 9.59 Å². The van der Waals surface area contributed by atoms with Gasteiger partial charge in [0.25, 0.3) is 0 Å². The van der Waals surface area contributed by atoms with E-state index in [1.165, 1.54) is 16.2 Å². The lowest BCUT2D eigenvalue weighted by molar-refractivity contribution is -0.137. The van der Waals surface area contributed by atoms with E-state index in [-0.39, 0.29) is 18.9 Å². The predicted molar refractivity (Wildman–Crippen MR) is 101 cm³/mol. The van der Waals surface area contributed by atoms with Crippen LogP contribution in [-0.4, -0.2) is 34.8 Å². The lowest BCUT2D eigenvalue weighted by Gasteiger charge is -2.02. The second-order valence-electron chi connectivity index (χ2n) is 5.37. The van der Waals surface area contributed by atoms with Crippen LogP contribution in [0.4, 0.5) is 0 Å². The quantitative estimate of drug-likeness (QED) is 0.648. The molecule has 0 saturated heterocycles. The molecule has 0 spiro atoms. The number of rotatable bonds is 6. The molecule has 7 heteroatoms. The highest BCUT2D eigenvalue weighted by molar-refractivity contribution is 7.98. The molecule has 0 aliphatic heterocycles. The van der Waals surface area contributed by atoms with Gasteiger partial charge in [0.15, 0.2) is 0 Å². The summed E-state index contributed by atoms with van der Waals surface area (Å²) in [7, 11) is 0. The first-order valence-corrected chi connectivity index (χ1v) is 9.61. The summed E-state index contributed by atoms with van der Waals surface area (Å²) in [6, 6.07) is 14.4. The third-order valence-electron chi connectivity index (χ3n) is 3.60. The van der Waals surface area contributed by atoms with Gasteiger partial charge in [0.1, 0.15) is 11.6 Å². The van der Waals surface area contributed by atoms with Crippen molar-refractivity contribution in [1.82, 2.24) is 10.3 Å². The second kappa shape index (κ2) is 7.67. The summed E-state index contributed by atoms with van der Waals surface area (Å²) in [6.07, 6.45) is 2.14. The number of carbonyl (C=O) groups is 2. The van der Waals surface area contributed by atoms with Crippen molar-refractivity contribution in [2.24, 2.45) is 0 Å². The monoisotopic (exact) mass is 372 g/mol. The van der Waals surface area contributed by atoms with Crippen molar-refractivity contribution in [1.29, 1.82) is 0 Å². The molecule has 25 heavy (non-hydrogen) atoms. The molecule has 1 heterocycles. The molecule has 3 aromatic rings. The Kier molecular flexibility index (Phi) is 5.35. The Morgan fingerprint density at radius 3 is 2.56 bits per heavy atom. The molecule has 0 radical (unpaired) electrons. The summed E-state index contributed by atoms with van der Waals surface area (Å²) in [5, 5.41) is 11.6. The van der Waals surface area contributed by atoms with Gasteiger partial charge in [-0.15, -0.1) is 23.1 Å². The molecule has 2 aromatic carbocycles. The SMILES string of the molecule is CSc1ccc(-c2ccc3nc(CC(=O)NCC(=O)O)sc3c2)cc1. The van der Waals surface area contributed by atoms with E-state index in [9.17, 15) is 9.59 Å². The van der Waals surface area contributed by atoms with Crippen LogP contribution in [0.2, 0.25) is 0 Å². The van der Waals surface area contributed by atoms with Crippen molar-refractivity contribution < 1.29 is 14.7 Å². The Labute approximate surface area is 153 Å². The van der Waals surface area contributed by atoms with E-state index in [1.807, 2.05) is 18.4 Å². The largest absolute Gasteiger partial charge is 0.480 e. The van der Waals surface area contributed by atoms with Gasteiger partial charge in [0, 0.05) is 4.90 Å². The number of benzene rings is 2. The van der Waals surface area contributed by atoms with Crippen molar-refractivity contribution in [2.45, 2.75) is 11.3 Å². The van der Waals surface area contributed by atoms with Crippen LogP contribution < -0.4 is 5.32 Å². The average molecular weight is 372 g/mol. The van der Waals surface area contributed by atoms with Gasteiger partial charge in [-0.1, -0.05) is 18.2 Å². The van der Waals surface area contributed by atoms with Crippen molar-refractivity contribution in [2.75, 3.05) is 12.8 Å². The molecule has 1 aromatic heterocycles. The Balaban J connectivity index is 1.78. The Bertz CT molecular complexity index is 920. The number of thioether (sulfide) groups is 1. The molecule has 0 aliphatic rings. The molecule has 128 valence electrons. The van der Waals surface area contributed by atoms with Crippen LogP contribution in [0.3, 0.4) is 0 Å². The number of aromatic nitrogens is 1. The van der Waals surface area contributed by atoms with E-state index in [4.69, 9.17) is 5.11 Å². The molecule has 0 saturated carbocycles. The van der Waals surface area contributed by atoms with Crippen LogP contribution in [0.1, 0.15) is 5.01 Å². The zero-order chi connectivity index (χ0) is 17.8. The van der Waals surface area contributed by atoms with Gasteiger partial charge in [-0.2, -0.15) is 0 Å². The minimum absolute atomic E-state index is 0.0877. The third kappa shape index (κ3) is 4.37. The topological polar surface area (TPSA) is 79.3 Å². The van der Waals surface area contributed by atoms with Crippen LogP contribution in [0.25, 0.3) is 21.3 Å². The summed E-state index contributed by atoms with van der Waals surface area (Å²) in [5.74, 6) is -1.40. The van der Waals surface area contributed by atoms with Crippen molar-refractivity contribution >= 4 is 45.2 Å². The summed E-state index contributed by atoms with van der Waals surface area (Å²) in [6.45, 7) is -0.375. The van der Waals surface area contributed by atoms with Crippen LogP contribution in [0, 0.1) is 0 Å². The molecular formula is C18H16N2O3S2. The summed E-state index contributed by atoms with van der Waals surface area (Å²) >= 11 is 3.16. The molecule has 0 unspecified atom stereocenters. The fourth-order valence-electron chi connectivity index (χ4n) is 2.39. The van der Waals surface area contributed by atoms with Crippen LogP contribution in [0.15, 0.2) is 47.4 Å². The predicted octanol–water partition coefficient (Wildman–Crippen LogP) is 3.43. The van der Waals surface area contributed by atoms with E-state index < -0.39 is 5.97 Å². The molecule has 3 rings (SSSR count). The Morgan fingerprint density at radius 2 is 1.88 bits per heavy atom. The van der Waals surface area contributed by atoms with E-state index in [0.29, 0.717) is 5.01 Å². The molecule has 0 bridgehead atoms. The molecule has 0 fully saturated rings. The minimum Gasteiger partial charge on any atom is -0.480 e. The van der Waals surface area contributed by atoms with Gasteiger partial charge in [-0.25, -0.2) is 4.98 Å². The maximum absolute atomic E-state index is 11.7. The number of fused-ring (bicyclic) bond motifs is 1. The maximum Gasteiger partial charge on any atom is 0.322 e. The fraction of sp³-hybridized carbons (Fsp3) is 0.167. The van der Waals surface area contributed by atoms with E-state index in [1.54, 1.807) is 11.8 Å². The van der Waals surface area contributed by atoms with Gasteiger partial charge in [0.05, 0.1) is 16.6 Å². The van der Waals surface area contributed by atoms with Gasteiger partial charge < -0.3 is 10.4 Å². The molecule has 2 N–H and O–H groups in total. The Hall–Kier alpha value is -2.38. The number of carbonyl (C=O) groups excluding carboxylic acids is 1. The summed E-state index contributed by atoms with van der Waals surface area (Å²) < 4.78 is 1.01. The normalized spacial score (nSPS) is 10.8. The molecule has 1 amide bonds. The molecular weight excluding hydrogens is 356 g/mol. The highest BCUT2D eigenvalue weighted by atomic mass is 32.2. The van der Waals surface area contributed by atoms with Crippen LogP contribution >= 0.6 is 23.1 Å². The van der Waals surface area contributed by atoms with Crippen molar-refractivity contribution in [3.63, 3.8) is 0 Å². The zero-order valence-corrected chi connectivity index (χ0v) is 15.1. The fourth-order valence-corrected chi connectivity index (χ4v) is 3.80. The number of nitrogens with zero attached hydrogens (tertiary/aromatic N) is 1. The van der Waals surface area contributed by atoms with E-state index >= 15 is 0 Å². The summed E-state index contributed by atoms with van der Waals surface area (Å²) in [4.78, 5) is 27.9.